The Hall–Kier alpha value is -2.30. The maximum Gasteiger partial charge on any atom is 0.335 e. The lowest BCUT2D eigenvalue weighted by atomic mass is 9.94. The van der Waals surface area contributed by atoms with Crippen LogP contribution in [-0.4, -0.2) is 28.7 Å². The van der Waals surface area contributed by atoms with Gasteiger partial charge in [-0.05, 0) is 55.9 Å². The molecular weight excluding hydrogens is 282 g/mol. The molecule has 5 nitrogen and oxygen atoms in total. The highest BCUT2D eigenvalue weighted by atomic mass is 16.5. The molecular formula is C17H19NO4. The number of carbonyl (C=O) groups excluding carboxylic acids is 1. The smallest absolute Gasteiger partial charge is 0.335 e. The quantitative estimate of drug-likeness (QED) is 0.885. The van der Waals surface area contributed by atoms with Crippen molar-refractivity contribution in [2.75, 3.05) is 7.11 Å². The second-order valence-electron chi connectivity index (χ2n) is 5.79. The fourth-order valence-corrected chi connectivity index (χ4v) is 3.47. The largest absolute Gasteiger partial charge is 0.478 e. The van der Waals surface area contributed by atoms with Gasteiger partial charge < -0.3 is 14.4 Å². The van der Waals surface area contributed by atoms with Crippen molar-refractivity contribution >= 4 is 22.8 Å². The van der Waals surface area contributed by atoms with Crippen LogP contribution in [-0.2, 0) is 28.9 Å². The second kappa shape index (κ2) is 5.48. The molecule has 22 heavy (non-hydrogen) atoms. The summed E-state index contributed by atoms with van der Waals surface area (Å²) in [6, 6.07) is 3.41. The van der Waals surface area contributed by atoms with Crippen LogP contribution in [0.15, 0.2) is 12.1 Å². The van der Waals surface area contributed by atoms with Gasteiger partial charge in [0.05, 0.1) is 18.2 Å². The molecule has 1 aromatic heterocycles. The third-order valence-electron chi connectivity index (χ3n) is 4.42. The summed E-state index contributed by atoms with van der Waals surface area (Å²) in [5, 5.41) is 10.3. The van der Waals surface area contributed by atoms with Gasteiger partial charge in [-0.1, -0.05) is 0 Å². The van der Waals surface area contributed by atoms with E-state index in [0.717, 1.165) is 47.8 Å². The van der Waals surface area contributed by atoms with Gasteiger partial charge >= 0.3 is 11.9 Å². The van der Waals surface area contributed by atoms with Gasteiger partial charge in [0, 0.05) is 11.1 Å². The fraction of sp³-hybridized carbons (Fsp3) is 0.412. The van der Waals surface area contributed by atoms with Crippen LogP contribution < -0.4 is 0 Å². The van der Waals surface area contributed by atoms with E-state index < -0.39 is 5.97 Å². The number of hydrogen-bond acceptors (Lipinski definition) is 3. The van der Waals surface area contributed by atoms with Crippen LogP contribution in [0.1, 0.15) is 40.0 Å². The monoisotopic (exact) mass is 301 g/mol. The van der Waals surface area contributed by atoms with E-state index >= 15 is 0 Å². The lowest BCUT2D eigenvalue weighted by Gasteiger charge is -2.15. The molecule has 5 heteroatoms. The highest BCUT2D eigenvalue weighted by Crippen LogP contribution is 2.34. The van der Waals surface area contributed by atoms with Crippen molar-refractivity contribution in [3.8, 4) is 0 Å². The number of benzene rings is 1. The van der Waals surface area contributed by atoms with E-state index in [9.17, 15) is 14.7 Å². The van der Waals surface area contributed by atoms with Gasteiger partial charge in [-0.25, -0.2) is 4.79 Å². The molecule has 0 fully saturated rings. The number of aromatic nitrogens is 1. The van der Waals surface area contributed by atoms with Crippen molar-refractivity contribution in [2.24, 2.45) is 0 Å². The standard InChI is InChI=1S/C17H19NO4/c1-10-7-11(17(20)21)8-13-12-5-3-4-6-14(12)18(16(10)13)9-15(19)22-2/h7-8H,3-6,9H2,1-2H3,(H,20,21). The van der Waals surface area contributed by atoms with Gasteiger partial charge in [-0.3, -0.25) is 4.79 Å². The number of aryl methyl sites for hydroxylation is 2. The number of carbonyl (C=O) groups is 2. The second-order valence-corrected chi connectivity index (χ2v) is 5.79. The van der Waals surface area contributed by atoms with Crippen LogP contribution in [0.2, 0.25) is 0 Å². The van der Waals surface area contributed by atoms with Crippen molar-refractivity contribution < 1.29 is 19.4 Å². The predicted octanol–water partition coefficient (Wildman–Crippen LogP) is 2.70. The first-order valence-corrected chi connectivity index (χ1v) is 7.47. The van der Waals surface area contributed by atoms with Gasteiger partial charge in [0.25, 0.3) is 0 Å². The number of carboxylic acids is 1. The molecule has 0 amide bonds. The Balaban J connectivity index is 2.29. The molecule has 0 atom stereocenters. The molecule has 1 aliphatic rings. The highest BCUT2D eigenvalue weighted by molar-refractivity contribution is 5.97. The number of fused-ring (bicyclic) bond motifs is 3. The lowest BCUT2D eigenvalue weighted by molar-refractivity contribution is -0.141. The summed E-state index contributed by atoms with van der Waals surface area (Å²) < 4.78 is 6.82. The number of hydrogen-bond donors (Lipinski definition) is 1. The molecule has 0 saturated carbocycles. The summed E-state index contributed by atoms with van der Waals surface area (Å²) in [6.45, 7) is 2.07. The number of esters is 1. The van der Waals surface area contributed by atoms with E-state index in [1.165, 1.54) is 12.7 Å². The van der Waals surface area contributed by atoms with Crippen molar-refractivity contribution in [1.82, 2.24) is 4.57 Å². The number of nitrogens with zero attached hydrogens (tertiary/aromatic N) is 1. The van der Waals surface area contributed by atoms with Crippen LogP contribution in [0.5, 0.6) is 0 Å². The third-order valence-corrected chi connectivity index (χ3v) is 4.42. The minimum atomic E-state index is -0.921. The van der Waals surface area contributed by atoms with Crippen LogP contribution in [0, 0.1) is 6.92 Å². The predicted molar refractivity (Wildman–Crippen MR) is 82.3 cm³/mol. The number of ether oxygens (including phenoxy) is 1. The van der Waals surface area contributed by atoms with E-state index in [-0.39, 0.29) is 12.5 Å². The van der Waals surface area contributed by atoms with Crippen LogP contribution in [0.3, 0.4) is 0 Å². The summed E-state index contributed by atoms with van der Waals surface area (Å²) in [6.07, 6.45) is 4.04. The Labute approximate surface area is 128 Å². The van der Waals surface area contributed by atoms with Gasteiger partial charge in [0.2, 0.25) is 0 Å². The first kappa shape index (κ1) is 14.6. The van der Waals surface area contributed by atoms with E-state index in [0.29, 0.717) is 5.56 Å². The minimum Gasteiger partial charge on any atom is -0.478 e. The first-order valence-electron chi connectivity index (χ1n) is 7.47. The highest BCUT2D eigenvalue weighted by Gasteiger charge is 2.23. The molecule has 1 heterocycles. The summed E-state index contributed by atoms with van der Waals surface area (Å²) in [4.78, 5) is 23.1. The zero-order valence-electron chi connectivity index (χ0n) is 12.8. The Morgan fingerprint density at radius 2 is 2.00 bits per heavy atom. The first-order chi connectivity index (χ1) is 10.5. The summed E-state index contributed by atoms with van der Waals surface area (Å²) in [7, 11) is 1.38. The molecule has 0 spiro atoms. The topological polar surface area (TPSA) is 68.5 Å². The van der Waals surface area contributed by atoms with E-state index in [2.05, 4.69) is 0 Å². The zero-order valence-corrected chi connectivity index (χ0v) is 12.8. The molecule has 0 saturated heterocycles. The number of carboxylic acid groups (broad SMARTS) is 1. The zero-order chi connectivity index (χ0) is 15.9. The Bertz CT molecular complexity index is 773. The third kappa shape index (κ3) is 2.26. The Morgan fingerprint density at radius 3 is 2.68 bits per heavy atom. The van der Waals surface area contributed by atoms with Crippen molar-refractivity contribution in [3.63, 3.8) is 0 Å². The molecule has 1 aliphatic carbocycles. The maximum absolute atomic E-state index is 11.8. The molecule has 116 valence electrons. The molecule has 0 radical (unpaired) electrons. The van der Waals surface area contributed by atoms with Gasteiger partial charge in [0.15, 0.2) is 0 Å². The molecule has 0 aliphatic heterocycles. The van der Waals surface area contributed by atoms with Crippen LogP contribution >= 0.6 is 0 Å². The number of rotatable bonds is 3. The Morgan fingerprint density at radius 1 is 1.27 bits per heavy atom. The molecule has 0 unspecified atom stereocenters. The normalized spacial score (nSPS) is 13.9. The summed E-state index contributed by atoms with van der Waals surface area (Å²) in [5.74, 6) is -1.21. The van der Waals surface area contributed by atoms with Gasteiger partial charge in [0.1, 0.15) is 6.54 Å². The average molecular weight is 301 g/mol. The van der Waals surface area contributed by atoms with Crippen LogP contribution in [0.4, 0.5) is 0 Å². The van der Waals surface area contributed by atoms with Gasteiger partial charge in [-0.15, -0.1) is 0 Å². The van der Waals surface area contributed by atoms with Crippen LogP contribution in [0.25, 0.3) is 10.9 Å². The SMILES string of the molecule is COC(=O)Cn1c2c(c3cc(C(=O)O)cc(C)c31)CCCC2. The van der Waals surface area contributed by atoms with E-state index in [1.807, 2.05) is 11.5 Å². The Kier molecular flexibility index (Phi) is 3.64. The maximum atomic E-state index is 11.8. The molecule has 1 aromatic carbocycles. The minimum absolute atomic E-state index is 0.176. The van der Waals surface area contributed by atoms with Crippen molar-refractivity contribution in [2.45, 2.75) is 39.2 Å². The molecule has 0 bridgehead atoms. The molecule has 1 N–H and O–H groups in total. The van der Waals surface area contributed by atoms with Crippen molar-refractivity contribution in [1.29, 1.82) is 0 Å². The molecule has 3 rings (SSSR count). The fourth-order valence-electron chi connectivity index (χ4n) is 3.47. The lowest BCUT2D eigenvalue weighted by Crippen LogP contribution is -2.16. The van der Waals surface area contributed by atoms with E-state index in [1.54, 1.807) is 12.1 Å². The number of aromatic carboxylic acids is 1. The van der Waals surface area contributed by atoms with Crippen molar-refractivity contribution in [3.05, 3.63) is 34.5 Å². The summed E-state index contributed by atoms with van der Waals surface area (Å²) >= 11 is 0. The average Bonchev–Trinajstić information content (AvgIpc) is 2.82. The number of methoxy groups -OCH3 is 1. The summed E-state index contributed by atoms with van der Waals surface area (Å²) in [5.41, 5.74) is 4.48. The van der Waals surface area contributed by atoms with E-state index in [4.69, 9.17) is 4.74 Å². The van der Waals surface area contributed by atoms with Gasteiger partial charge in [-0.2, -0.15) is 0 Å². The molecule has 2 aromatic rings.